The van der Waals surface area contributed by atoms with Crippen molar-refractivity contribution < 1.29 is 19.1 Å². The number of amides is 3. The third-order valence-corrected chi connectivity index (χ3v) is 9.33. The Morgan fingerprint density at radius 3 is 2.02 bits per heavy atom. The van der Waals surface area contributed by atoms with Crippen molar-refractivity contribution in [2.24, 2.45) is 11.3 Å². The molecule has 8 heteroatoms. The van der Waals surface area contributed by atoms with Gasteiger partial charge in [0.2, 0.25) is 11.8 Å². The van der Waals surface area contributed by atoms with Crippen LogP contribution < -0.4 is 20.9 Å². The minimum Gasteiger partial charge on any atom is -0.449 e. The molecular formula is C35H40N4O4. The molecule has 3 amide bonds. The second-order valence-electron chi connectivity index (χ2n) is 12.7. The lowest BCUT2D eigenvalue weighted by Crippen LogP contribution is -2.57. The van der Waals surface area contributed by atoms with Crippen molar-refractivity contribution in [2.75, 3.05) is 38.7 Å². The second kappa shape index (κ2) is 12.1. The molecule has 6 rings (SSSR count). The quantitative estimate of drug-likeness (QED) is 0.325. The molecule has 0 atom stereocenters. The smallest absolute Gasteiger partial charge is 0.407 e. The molecule has 3 aromatic carbocycles. The Bertz CT molecular complexity index is 1440. The number of alkyl carbamates (subject to hydrolysis) is 1. The largest absolute Gasteiger partial charge is 0.449 e. The van der Waals surface area contributed by atoms with Gasteiger partial charge in [-0.05, 0) is 83.4 Å². The van der Waals surface area contributed by atoms with E-state index in [-0.39, 0.29) is 37.6 Å². The number of fused-ring (bicyclic) bond motifs is 3. The van der Waals surface area contributed by atoms with Gasteiger partial charge in [-0.15, -0.1) is 0 Å². The monoisotopic (exact) mass is 580 g/mol. The summed E-state index contributed by atoms with van der Waals surface area (Å²) in [6.07, 6.45) is 4.90. The molecule has 224 valence electrons. The average Bonchev–Trinajstić information content (AvgIpc) is 3.29. The first-order valence-electron chi connectivity index (χ1n) is 15.2. The summed E-state index contributed by atoms with van der Waals surface area (Å²) in [7, 11) is 4.11. The lowest BCUT2D eigenvalue weighted by atomic mass is 9.49. The fourth-order valence-electron chi connectivity index (χ4n) is 7.32. The van der Waals surface area contributed by atoms with E-state index >= 15 is 0 Å². The number of anilines is 1. The molecule has 3 aliphatic carbocycles. The van der Waals surface area contributed by atoms with Crippen molar-refractivity contribution in [3.05, 3.63) is 89.5 Å². The SMILES string of the molecule is CN(C)c1ccc(CC2CC3(C2)CC(NC(=O)CNC(=O)CNC(=O)OCC2c4ccccc4-c4ccccc42)C3)cc1. The van der Waals surface area contributed by atoms with Gasteiger partial charge in [0, 0.05) is 31.7 Å². The highest BCUT2D eigenvalue weighted by atomic mass is 16.5. The zero-order valence-corrected chi connectivity index (χ0v) is 24.9. The highest BCUT2D eigenvalue weighted by Crippen LogP contribution is 2.59. The van der Waals surface area contributed by atoms with Crippen molar-refractivity contribution in [1.29, 1.82) is 0 Å². The van der Waals surface area contributed by atoms with Gasteiger partial charge in [-0.25, -0.2) is 4.79 Å². The average molecular weight is 581 g/mol. The molecule has 0 aliphatic heterocycles. The molecule has 3 aromatic rings. The third kappa shape index (κ3) is 6.38. The summed E-state index contributed by atoms with van der Waals surface area (Å²) < 4.78 is 5.47. The van der Waals surface area contributed by atoms with Crippen molar-refractivity contribution in [3.8, 4) is 11.1 Å². The van der Waals surface area contributed by atoms with Gasteiger partial charge in [-0.1, -0.05) is 60.7 Å². The van der Waals surface area contributed by atoms with Gasteiger partial charge in [0.1, 0.15) is 13.2 Å². The molecule has 8 nitrogen and oxygen atoms in total. The topological polar surface area (TPSA) is 99.8 Å². The van der Waals surface area contributed by atoms with Crippen LogP contribution in [-0.4, -0.2) is 57.7 Å². The Hall–Kier alpha value is -4.33. The molecule has 0 saturated heterocycles. The summed E-state index contributed by atoms with van der Waals surface area (Å²) in [5.41, 5.74) is 7.54. The van der Waals surface area contributed by atoms with Crippen LogP contribution in [0.2, 0.25) is 0 Å². The number of nitrogens with zero attached hydrogens (tertiary/aromatic N) is 1. The van der Waals surface area contributed by atoms with Crippen molar-refractivity contribution >= 4 is 23.6 Å². The summed E-state index contributed by atoms with van der Waals surface area (Å²) in [6, 6.07) is 25.2. The molecule has 0 bridgehead atoms. The van der Waals surface area contributed by atoms with Crippen LogP contribution in [-0.2, 0) is 20.7 Å². The van der Waals surface area contributed by atoms with E-state index in [1.807, 2.05) is 24.3 Å². The zero-order valence-electron chi connectivity index (χ0n) is 24.9. The summed E-state index contributed by atoms with van der Waals surface area (Å²) in [4.78, 5) is 39.1. The van der Waals surface area contributed by atoms with Gasteiger partial charge in [0.05, 0.1) is 6.54 Å². The minimum absolute atomic E-state index is 0.0485. The van der Waals surface area contributed by atoms with Gasteiger partial charge < -0.3 is 25.6 Å². The van der Waals surface area contributed by atoms with Crippen LogP contribution in [0.4, 0.5) is 10.5 Å². The van der Waals surface area contributed by atoms with Gasteiger partial charge in [0.25, 0.3) is 0 Å². The van der Waals surface area contributed by atoms with Crippen molar-refractivity contribution in [1.82, 2.24) is 16.0 Å². The van der Waals surface area contributed by atoms with Crippen molar-refractivity contribution in [3.63, 3.8) is 0 Å². The number of rotatable bonds is 10. The number of ether oxygens (including phenoxy) is 1. The predicted octanol–water partition coefficient (Wildman–Crippen LogP) is 4.63. The lowest BCUT2D eigenvalue weighted by molar-refractivity contribution is -0.128. The first-order chi connectivity index (χ1) is 20.8. The first-order valence-corrected chi connectivity index (χ1v) is 15.2. The Labute approximate surface area is 253 Å². The molecule has 0 aromatic heterocycles. The normalized spacial score (nSPS) is 21.5. The van der Waals surface area contributed by atoms with E-state index in [9.17, 15) is 14.4 Å². The van der Waals surface area contributed by atoms with Crippen LogP contribution in [0, 0.1) is 11.3 Å². The summed E-state index contributed by atoms with van der Waals surface area (Å²) in [5, 5.41) is 8.11. The van der Waals surface area contributed by atoms with Crippen LogP contribution in [0.1, 0.15) is 48.3 Å². The van der Waals surface area contributed by atoms with E-state index < -0.39 is 12.0 Å². The zero-order chi connectivity index (χ0) is 30.0. The van der Waals surface area contributed by atoms with E-state index in [1.54, 1.807) is 0 Å². The van der Waals surface area contributed by atoms with Crippen LogP contribution >= 0.6 is 0 Å². The maximum Gasteiger partial charge on any atom is 0.407 e. The number of benzene rings is 3. The van der Waals surface area contributed by atoms with Crippen LogP contribution in [0.3, 0.4) is 0 Å². The standard InChI is InChI=1S/C35H40N4O4/c1-39(2)26-13-11-23(12-14-26)15-24-16-35(17-24)18-25(19-35)38-33(41)21-36-32(40)20-37-34(42)43-22-31-29-9-5-3-7-27(29)28-8-4-6-10-30(28)31/h3-14,24-25,31H,15-22H2,1-2H3,(H,36,40)(H,37,42)(H,38,41). The second-order valence-corrected chi connectivity index (χ2v) is 12.7. The van der Waals surface area contributed by atoms with Crippen LogP contribution in [0.25, 0.3) is 11.1 Å². The Balaban J connectivity index is 0.847. The number of hydrogen-bond acceptors (Lipinski definition) is 5. The van der Waals surface area contributed by atoms with E-state index in [0.717, 1.165) is 41.5 Å². The number of nitrogens with one attached hydrogen (secondary N) is 3. The van der Waals surface area contributed by atoms with E-state index in [4.69, 9.17) is 4.74 Å². The summed E-state index contributed by atoms with van der Waals surface area (Å²) >= 11 is 0. The van der Waals surface area contributed by atoms with E-state index in [0.29, 0.717) is 11.3 Å². The molecule has 1 spiro atoms. The molecule has 43 heavy (non-hydrogen) atoms. The molecule has 3 N–H and O–H groups in total. The summed E-state index contributed by atoms with van der Waals surface area (Å²) in [5.74, 6) is 0.0260. The predicted molar refractivity (Wildman–Crippen MR) is 167 cm³/mol. The molecule has 0 radical (unpaired) electrons. The maximum atomic E-state index is 12.4. The van der Waals surface area contributed by atoms with E-state index in [1.165, 1.54) is 24.1 Å². The van der Waals surface area contributed by atoms with Crippen LogP contribution in [0.5, 0.6) is 0 Å². The Morgan fingerprint density at radius 2 is 1.40 bits per heavy atom. The Kier molecular flexibility index (Phi) is 8.10. The van der Waals surface area contributed by atoms with Crippen molar-refractivity contribution in [2.45, 2.75) is 44.1 Å². The van der Waals surface area contributed by atoms with Gasteiger partial charge in [-0.3, -0.25) is 9.59 Å². The third-order valence-electron chi connectivity index (χ3n) is 9.33. The van der Waals surface area contributed by atoms with Gasteiger partial charge >= 0.3 is 6.09 Å². The fraction of sp³-hybridized carbons (Fsp3) is 0.400. The molecule has 0 unspecified atom stereocenters. The number of hydrogen-bond donors (Lipinski definition) is 3. The molecule has 2 saturated carbocycles. The van der Waals surface area contributed by atoms with Gasteiger partial charge in [0.15, 0.2) is 0 Å². The minimum atomic E-state index is -0.661. The highest BCUT2D eigenvalue weighted by molar-refractivity contribution is 5.87. The summed E-state index contributed by atoms with van der Waals surface area (Å²) in [6.45, 7) is -0.187. The molecule has 0 heterocycles. The highest BCUT2D eigenvalue weighted by Gasteiger charge is 2.52. The molecule has 2 fully saturated rings. The molecule has 3 aliphatic rings. The lowest BCUT2D eigenvalue weighted by Gasteiger charge is -2.58. The number of carbonyl (C=O) groups is 3. The molecular weight excluding hydrogens is 540 g/mol. The van der Waals surface area contributed by atoms with E-state index in [2.05, 4.69) is 83.5 Å². The number of carbonyl (C=O) groups excluding carboxylic acids is 3. The van der Waals surface area contributed by atoms with Crippen LogP contribution in [0.15, 0.2) is 72.8 Å². The fourth-order valence-corrected chi connectivity index (χ4v) is 7.32. The first kappa shape index (κ1) is 28.8. The maximum absolute atomic E-state index is 12.4. The van der Waals surface area contributed by atoms with Gasteiger partial charge in [-0.2, -0.15) is 0 Å². The Morgan fingerprint density at radius 1 is 0.791 bits per heavy atom.